The molecule has 0 aliphatic heterocycles. The average molecular weight is 314 g/mol. The van der Waals surface area contributed by atoms with Crippen LogP contribution in [0.5, 0.6) is 11.5 Å². The molecule has 0 saturated heterocycles. The summed E-state index contributed by atoms with van der Waals surface area (Å²) in [6, 6.07) is 4.92. The second-order valence-corrected chi connectivity index (χ2v) is 8.37. The minimum Gasteiger partial charge on any atom is -0.508 e. The van der Waals surface area contributed by atoms with Gasteiger partial charge in [-0.25, -0.2) is 0 Å². The zero-order valence-corrected chi connectivity index (χ0v) is 14.9. The Hall–Kier alpha value is -1.44. The molecule has 2 heteroatoms. The predicted octanol–water partition coefficient (Wildman–Crippen LogP) is 5.44. The van der Waals surface area contributed by atoms with Gasteiger partial charge in [0.25, 0.3) is 0 Å². The van der Waals surface area contributed by atoms with Crippen LogP contribution >= 0.6 is 0 Å². The first-order valence-electron chi connectivity index (χ1n) is 8.95. The van der Waals surface area contributed by atoms with Crippen LogP contribution in [-0.4, -0.2) is 10.2 Å². The van der Waals surface area contributed by atoms with Crippen LogP contribution in [0, 0.1) is 22.7 Å². The van der Waals surface area contributed by atoms with Crippen LogP contribution in [0.1, 0.15) is 58.9 Å². The summed E-state index contributed by atoms with van der Waals surface area (Å²) in [5.74, 6) is 1.80. The molecule has 2 aliphatic rings. The van der Waals surface area contributed by atoms with Crippen LogP contribution in [0.4, 0.5) is 0 Å². The molecule has 0 spiro atoms. The Morgan fingerprint density at radius 1 is 1.17 bits per heavy atom. The van der Waals surface area contributed by atoms with Crippen molar-refractivity contribution in [3.05, 3.63) is 35.4 Å². The molecule has 0 aromatic heterocycles. The Kier molecular flexibility index (Phi) is 3.98. The van der Waals surface area contributed by atoms with Crippen molar-refractivity contribution in [1.29, 1.82) is 0 Å². The number of hydrogen-bond acceptors (Lipinski definition) is 2. The Labute approximate surface area is 140 Å². The molecule has 23 heavy (non-hydrogen) atoms. The second kappa shape index (κ2) is 5.58. The van der Waals surface area contributed by atoms with E-state index in [9.17, 15) is 10.2 Å². The number of benzene rings is 1. The fourth-order valence-electron chi connectivity index (χ4n) is 5.33. The Bertz CT molecular complexity index is 633. The molecule has 126 valence electrons. The predicted molar refractivity (Wildman–Crippen MR) is 94.6 cm³/mol. The normalized spacial score (nSPS) is 37.1. The fraction of sp³-hybridized carbons (Fsp3) is 0.619. The van der Waals surface area contributed by atoms with E-state index in [4.69, 9.17) is 0 Å². The number of allylic oxidation sites excluding steroid dienone is 2. The maximum absolute atomic E-state index is 10.3. The molecule has 1 saturated carbocycles. The van der Waals surface area contributed by atoms with E-state index in [-0.39, 0.29) is 16.6 Å². The van der Waals surface area contributed by atoms with Gasteiger partial charge in [0.05, 0.1) is 0 Å². The van der Waals surface area contributed by atoms with Gasteiger partial charge in [0.2, 0.25) is 0 Å². The van der Waals surface area contributed by atoms with Gasteiger partial charge in [-0.3, -0.25) is 0 Å². The maximum atomic E-state index is 10.3. The fourth-order valence-corrected chi connectivity index (χ4v) is 5.33. The molecule has 0 heterocycles. The average Bonchev–Trinajstić information content (AvgIpc) is 2.50. The molecular formula is C21H30O2. The lowest BCUT2D eigenvalue weighted by Gasteiger charge is -2.58. The highest BCUT2D eigenvalue weighted by Gasteiger charge is 2.53. The summed E-state index contributed by atoms with van der Waals surface area (Å²) < 4.78 is 0. The van der Waals surface area contributed by atoms with Crippen molar-refractivity contribution in [1.82, 2.24) is 0 Å². The van der Waals surface area contributed by atoms with Crippen molar-refractivity contribution >= 4 is 0 Å². The second-order valence-electron chi connectivity index (χ2n) is 8.37. The first-order valence-corrected chi connectivity index (χ1v) is 8.95. The van der Waals surface area contributed by atoms with Crippen molar-refractivity contribution in [2.45, 2.75) is 59.8 Å². The summed E-state index contributed by atoms with van der Waals surface area (Å²) >= 11 is 0. The standard InChI is InChI=1S/C21H30O2/c1-14-6-5-7-19-20(14,3)11-10-15(2)21(19,4)13-16-12-17(22)8-9-18(16)23/h6,8-9,12,15,19,22-23H,5,7,10-11,13H2,1-4H3/t15-,19-,20+,21-/m0/s1. The van der Waals surface area contributed by atoms with Crippen molar-refractivity contribution in [2.75, 3.05) is 0 Å². The number of phenolic OH excluding ortho intramolecular Hbond substituents is 2. The van der Waals surface area contributed by atoms with Gasteiger partial charge in [-0.1, -0.05) is 32.4 Å². The van der Waals surface area contributed by atoms with E-state index in [1.807, 2.05) is 0 Å². The van der Waals surface area contributed by atoms with Crippen LogP contribution in [-0.2, 0) is 6.42 Å². The van der Waals surface area contributed by atoms with E-state index in [0.29, 0.717) is 17.6 Å². The Morgan fingerprint density at radius 2 is 1.91 bits per heavy atom. The van der Waals surface area contributed by atoms with Crippen LogP contribution in [0.25, 0.3) is 0 Å². The number of rotatable bonds is 2. The Morgan fingerprint density at radius 3 is 2.65 bits per heavy atom. The molecule has 0 bridgehead atoms. The zero-order valence-electron chi connectivity index (χ0n) is 14.9. The number of phenols is 2. The molecular weight excluding hydrogens is 284 g/mol. The third-order valence-corrected chi connectivity index (χ3v) is 7.23. The molecule has 0 radical (unpaired) electrons. The highest BCUT2D eigenvalue weighted by molar-refractivity contribution is 5.39. The highest BCUT2D eigenvalue weighted by atomic mass is 16.3. The Balaban J connectivity index is 2.00. The van der Waals surface area contributed by atoms with Gasteiger partial charge in [-0.05, 0) is 85.5 Å². The summed E-state index contributed by atoms with van der Waals surface area (Å²) in [6.07, 6.45) is 8.16. The first-order chi connectivity index (χ1) is 10.8. The quantitative estimate of drug-likeness (QED) is 0.564. The van der Waals surface area contributed by atoms with Crippen LogP contribution in [0.3, 0.4) is 0 Å². The van der Waals surface area contributed by atoms with Crippen molar-refractivity contribution in [3.63, 3.8) is 0 Å². The van der Waals surface area contributed by atoms with Gasteiger partial charge in [-0.15, -0.1) is 0 Å². The molecule has 2 aliphatic carbocycles. The van der Waals surface area contributed by atoms with E-state index in [1.165, 1.54) is 25.7 Å². The SMILES string of the molecule is CC1=CCC[C@@H]2[C@@](C)(Cc3cc(O)ccc3O)[C@@H](C)CC[C@]12C. The number of aromatic hydroxyl groups is 2. The van der Waals surface area contributed by atoms with Crippen LogP contribution < -0.4 is 0 Å². The summed E-state index contributed by atoms with van der Waals surface area (Å²) in [7, 11) is 0. The van der Waals surface area contributed by atoms with Gasteiger partial charge in [0, 0.05) is 0 Å². The third kappa shape index (κ3) is 2.56. The molecule has 1 aromatic carbocycles. The van der Waals surface area contributed by atoms with Crippen molar-refractivity contribution in [3.8, 4) is 11.5 Å². The molecule has 0 amide bonds. The topological polar surface area (TPSA) is 40.5 Å². The molecule has 1 fully saturated rings. The van der Waals surface area contributed by atoms with Crippen LogP contribution in [0.15, 0.2) is 29.8 Å². The van der Waals surface area contributed by atoms with Gasteiger partial charge >= 0.3 is 0 Å². The van der Waals surface area contributed by atoms with E-state index in [2.05, 4.69) is 33.8 Å². The largest absolute Gasteiger partial charge is 0.508 e. The summed E-state index contributed by atoms with van der Waals surface area (Å²) in [6.45, 7) is 9.51. The number of hydrogen-bond donors (Lipinski definition) is 2. The van der Waals surface area contributed by atoms with Crippen LogP contribution in [0.2, 0.25) is 0 Å². The van der Waals surface area contributed by atoms with E-state index in [1.54, 1.807) is 23.8 Å². The molecule has 1 aromatic rings. The molecule has 3 rings (SSSR count). The van der Waals surface area contributed by atoms with E-state index in [0.717, 1.165) is 12.0 Å². The van der Waals surface area contributed by atoms with E-state index < -0.39 is 0 Å². The first kappa shape index (κ1) is 16.4. The molecule has 4 atom stereocenters. The molecule has 2 N–H and O–H groups in total. The summed E-state index contributed by atoms with van der Waals surface area (Å²) in [4.78, 5) is 0. The molecule has 0 unspecified atom stereocenters. The monoisotopic (exact) mass is 314 g/mol. The lowest BCUT2D eigenvalue weighted by atomic mass is 9.47. The van der Waals surface area contributed by atoms with Gasteiger partial charge < -0.3 is 10.2 Å². The minimum atomic E-state index is 0.147. The third-order valence-electron chi connectivity index (χ3n) is 7.23. The lowest BCUT2D eigenvalue weighted by molar-refractivity contribution is -0.0412. The van der Waals surface area contributed by atoms with Gasteiger partial charge in [0.15, 0.2) is 0 Å². The van der Waals surface area contributed by atoms with Gasteiger partial charge in [-0.2, -0.15) is 0 Å². The van der Waals surface area contributed by atoms with Crippen molar-refractivity contribution in [2.24, 2.45) is 22.7 Å². The summed E-state index contributed by atoms with van der Waals surface area (Å²) in [5, 5.41) is 20.1. The number of fused-ring (bicyclic) bond motifs is 1. The highest BCUT2D eigenvalue weighted by Crippen LogP contribution is 2.61. The lowest BCUT2D eigenvalue weighted by Crippen LogP contribution is -2.50. The minimum absolute atomic E-state index is 0.147. The van der Waals surface area contributed by atoms with Gasteiger partial charge in [0.1, 0.15) is 11.5 Å². The molecule has 2 nitrogen and oxygen atoms in total. The summed E-state index contributed by atoms with van der Waals surface area (Å²) in [5.41, 5.74) is 2.86. The zero-order chi connectivity index (χ0) is 16.8. The smallest absolute Gasteiger partial charge is 0.119 e. The maximum Gasteiger partial charge on any atom is 0.119 e. The van der Waals surface area contributed by atoms with Crippen molar-refractivity contribution < 1.29 is 10.2 Å². The van der Waals surface area contributed by atoms with E-state index >= 15 is 0 Å².